The topological polar surface area (TPSA) is 69.0 Å². The van der Waals surface area contributed by atoms with Crippen LogP contribution in [0, 0.1) is 5.92 Å². The Bertz CT molecular complexity index is 381. The first-order chi connectivity index (χ1) is 8.54. The number of rotatable bonds is 7. The molecule has 6 nitrogen and oxygen atoms in total. The Morgan fingerprint density at radius 1 is 1.61 bits per heavy atom. The van der Waals surface area contributed by atoms with E-state index in [0.717, 1.165) is 12.4 Å². The fourth-order valence-electron chi connectivity index (χ4n) is 1.45. The number of nitrogens with zero attached hydrogens (tertiary/aromatic N) is 3. The third-order valence-corrected chi connectivity index (χ3v) is 2.63. The number of carbonyl (C=O) groups is 1. The molecule has 0 aliphatic carbocycles. The fraction of sp³-hybridized carbons (Fsp3) is 0.727. The predicted molar refractivity (Wildman–Crippen MR) is 68.2 cm³/mol. The molecule has 0 fully saturated rings. The van der Waals surface area contributed by atoms with Gasteiger partial charge in [0.1, 0.15) is 17.5 Å². The zero-order chi connectivity index (χ0) is 13.5. The number of methoxy groups -OCH3 is 1. The summed E-state index contributed by atoms with van der Waals surface area (Å²) in [5.74, 6) is 0.895. The summed E-state index contributed by atoms with van der Waals surface area (Å²) < 4.78 is 6.38. The molecule has 1 aromatic heterocycles. The van der Waals surface area contributed by atoms with Crippen molar-refractivity contribution in [3.8, 4) is 0 Å². The number of halogens is 1. The average Bonchev–Trinajstić information content (AvgIpc) is 2.74. The number of alkyl halides is 1. The van der Waals surface area contributed by atoms with Crippen LogP contribution in [0.2, 0.25) is 0 Å². The zero-order valence-electron chi connectivity index (χ0n) is 10.9. The Labute approximate surface area is 112 Å². The van der Waals surface area contributed by atoms with Crippen LogP contribution in [-0.2, 0) is 22.6 Å². The molecule has 18 heavy (non-hydrogen) atoms. The molecule has 0 saturated heterocycles. The summed E-state index contributed by atoms with van der Waals surface area (Å²) in [6.07, 6.45) is 1.53. The number of hydrogen-bond acceptors (Lipinski definition) is 5. The van der Waals surface area contributed by atoms with Crippen LogP contribution in [0.1, 0.15) is 19.7 Å². The summed E-state index contributed by atoms with van der Waals surface area (Å²) in [6, 6.07) is 0. The lowest BCUT2D eigenvalue weighted by molar-refractivity contribution is -0.140. The molecule has 1 atom stereocenters. The standard InChI is InChI=1S/C11H19ClN4O2/c1-8(2)6-16-10(14-7-15-16)5-13-4-9(12)11(17)18-3/h7-9,13H,4-6H2,1-3H3. The van der Waals surface area contributed by atoms with Crippen LogP contribution in [0.15, 0.2) is 6.33 Å². The molecule has 7 heteroatoms. The molecule has 1 rings (SSSR count). The van der Waals surface area contributed by atoms with E-state index in [4.69, 9.17) is 11.6 Å². The maximum Gasteiger partial charge on any atom is 0.325 e. The van der Waals surface area contributed by atoms with Crippen LogP contribution >= 0.6 is 11.6 Å². The average molecular weight is 275 g/mol. The number of hydrogen-bond donors (Lipinski definition) is 1. The lowest BCUT2D eigenvalue weighted by Crippen LogP contribution is -2.30. The highest BCUT2D eigenvalue weighted by molar-refractivity contribution is 6.30. The molecule has 0 amide bonds. The summed E-state index contributed by atoms with van der Waals surface area (Å²) in [4.78, 5) is 15.3. The van der Waals surface area contributed by atoms with Gasteiger partial charge >= 0.3 is 5.97 Å². The molecule has 0 radical (unpaired) electrons. The molecule has 1 aromatic rings. The Hall–Kier alpha value is -1.14. The molecule has 0 saturated carbocycles. The van der Waals surface area contributed by atoms with Crippen molar-refractivity contribution in [2.24, 2.45) is 5.92 Å². The molecular formula is C11H19ClN4O2. The Morgan fingerprint density at radius 3 is 2.94 bits per heavy atom. The highest BCUT2D eigenvalue weighted by Gasteiger charge is 2.15. The van der Waals surface area contributed by atoms with Crippen LogP contribution in [0.3, 0.4) is 0 Å². The number of nitrogens with one attached hydrogen (secondary N) is 1. The summed E-state index contributed by atoms with van der Waals surface area (Å²) in [7, 11) is 1.32. The van der Waals surface area contributed by atoms with E-state index < -0.39 is 11.3 Å². The van der Waals surface area contributed by atoms with Crippen LogP contribution in [0.4, 0.5) is 0 Å². The number of carbonyl (C=O) groups excluding carboxylic acids is 1. The van der Waals surface area contributed by atoms with E-state index in [1.807, 2.05) is 4.68 Å². The van der Waals surface area contributed by atoms with Crippen molar-refractivity contribution >= 4 is 17.6 Å². The van der Waals surface area contributed by atoms with Gasteiger partial charge in [-0.3, -0.25) is 4.79 Å². The van der Waals surface area contributed by atoms with Gasteiger partial charge in [0, 0.05) is 13.1 Å². The van der Waals surface area contributed by atoms with Crippen LogP contribution in [0.5, 0.6) is 0 Å². The van der Waals surface area contributed by atoms with E-state index in [1.165, 1.54) is 13.4 Å². The van der Waals surface area contributed by atoms with Crippen molar-refractivity contribution in [2.75, 3.05) is 13.7 Å². The van der Waals surface area contributed by atoms with Gasteiger partial charge in [0.05, 0.1) is 13.7 Å². The lowest BCUT2D eigenvalue weighted by atomic mass is 10.2. The molecule has 1 unspecified atom stereocenters. The van der Waals surface area contributed by atoms with E-state index in [-0.39, 0.29) is 0 Å². The van der Waals surface area contributed by atoms with Crippen LogP contribution in [0.25, 0.3) is 0 Å². The summed E-state index contributed by atoms with van der Waals surface area (Å²) in [5, 5.41) is 6.52. The Morgan fingerprint density at radius 2 is 2.33 bits per heavy atom. The monoisotopic (exact) mass is 274 g/mol. The van der Waals surface area contributed by atoms with E-state index in [9.17, 15) is 4.79 Å². The molecule has 0 bridgehead atoms. The highest BCUT2D eigenvalue weighted by Crippen LogP contribution is 2.02. The van der Waals surface area contributed by atoms with Gasteiger partial charge in [0.15, 0.2) is 0 Å². The molecule has 1 N–H and O–H groups in total. The summed E-state index contributed by atoms with van der Waals surface area (Å²) in [5.41, 5.74) is 0. The van der Waals surface area contributed by atoms with Crippen LogP contribution in [-0.4, -0.2) is 39.8 Å². The smallest absolute Gasteiger partial charge is 0.325 e. The summed E-state index contributed by atoms with van der Waals surface area (Å²) >= 11 is 5.82. The lowest BCUT2D eigenvalue weighted by Gasteiger charge is -2.10. The molecule has 0 spiro atoms. The molecule has 1 heterocycles. The van der Waals surface area contributed by atoms with E-state index in [0.29, 0.717) is 19.0 Å². The quantitative estimate of drug-likeness (QED) is 0.588. The van der Waals surface area contributed by atoms with Gasteiger partial charge in [-0.15, -0.1) is 11.6 Å². The molecule has 0 aliphatic rings. The fourth-order valence-corrected chi connectivity index (χ4v) is 1.64. The van der Waals surface area contributed by atoms with Gasteiger partial charge in [-0.1, -0.05) is 13.8 Å². The van der Waals surface area contributed by atoms with Gasteiger partial charge in [0.25, 0.3) is 0 Å². The Kier molecular flexibility index (Phi) is 6.07. The predicted octanol–water partition coefficient (Wildman–Crippen LogP) is 0.804. The van der Waals surface area contributed by atoms with Gasteiger partial charge in [-0.2, -0.15) is 5.10 Å². The summed E-state index contributed by atoms with van der Waals surface area (Å²) in [6.45, 7) is 5.91. The zero-order valence-corrected chi connectivity index (χ0v) is 11.6. The minimum atomic E-state index is -0.684. The van der Waals surface area contributed by atoms with Crippen molar-refractivity contribution < 1.29 is 9.53 Å². The first-order valence-electron chi connectivity index (χ1n) is 5.84. The van der Waals surface area contributed by atoms with Crippen molar-refractivity contribution in [3.05, 3.63) is 12.2 Å². The number of esters is 1. The second-order valence-corrected chi connectivity index (χ2v) is 4.90. The van der Waals surface area contributed by atoms with Crippen molar-refractivity contribution in [2.45, 2.75) is 32.3 Å². The van der Waals surface area contributed by atoms with Gasteiger partial charge in [-0.25, -0.2) is 9.67 Å². The van der Waals surface area contributed by atoms with Gasteiger partial charge in [0.2, 0.25) is 0 Å². The maximum atomic E-state index is 11.1. The molecular weight excluding hydrogens is 256 g/mol. The first-order valence-corrected chi connectivity index (χ1v) is 6.27. The van der Waals surface area contributed by atoms with Crippen molar-refractivity contribution in [1.82, 2.24) is 20.1 Å². The third kappa shape index (κ3) is 4.62. The Balaban J connectivity index is 2.39. The van der Waals surface area contributed by atoms with E-state index >= 15 is 0 Å². The number of ether oxygens (including phenoxy) is 1. The second-order valence-electron chi connectivity index (χ2n) is 4.37. The van der Waals surface area contributed by atoms with E-state index in [2.05, 4.69) is 34.0 Å². The second kappa shape index (κ2) is 7.33. The van der Waals surface area contributed by atoms with Crippen molar-refractivity contribution in [1.29, 1.82) is 0 Å². The molecule has 102 valence electrons. The minimum Gasteiger partial charge on any atom is -0.468 e. The van der Waals surface area contributed by atoms with Gasteiger partial charge in [-0.05, 0) is 5.92 Å². The maximum absolute atomic E-state index is 11.1. The molecule has 0 aromatic carbocycles. The van der Waals surface area contributed by atoms with Crippen molar-refractivity contribution in [3.63, 3.8) is 0 Å². The van der Waals surface area contributed by atoms with Crippen LogP contribution < -0.4 is 5.32 Å². The normalized spacial score (nSPS) is 12.7. The van der Waals surface area contributed by atoms with Gasteiger partial charge < -0.3 is 10.1 Å². The highest BCUT2D eigenvalue weighted by atomic mass is 35.5. The molecule has 0 aliphatic heterocycles. The SMILES string of the molecule is COC(=O)C(Cl)CNCc1ncnn1CC(C)C. The van der Waals surface area contributed by atoms with E-state index in [1.54, 1.807) is 0 Å². The minimum absolute atomic E-state index is 0.336. The number of aromatic nitrogens is 3. The third-order valence-electron chi connectivity index (χ3n) is 2.30. The largest absolute Gasteiger partial charge is 0.468 e. The first kappa shape index (κ1) is 14.9.